The number of rotatable bonds is 4. The number of hydrogen-bond donors (Lipinski definition) is 1. The van der Waals surface area contributed by atoms with Gasteiger partial charge in [0.15, 0.2) is 11.5 Å². The molecule has 0 saturated carbocycles. The van der Waals surface area contributed by atoms with Crippen molar-refractivity contribution < 1.29 is 16.3 Å². The second-order valence-electron chi connectivity index (χ2n) is 3.40. The molecule has 3 nitrogen and oxygen atoms in total. The minimum Gasteiger partial charge on any atom is -0.454 e. The molecule has 0 amide bonds. The molecule has 0 bridgehead atoms. The van der Waals surface area contributed by atoms with Gasteiger partial charge in [-0.2, -0.15) is 0 Å². The van der Waals surface area contributed by atoms with Crippen molar-refractivity contribution in [3.63, 3.8) is 0 Å². The van der Waals surface area contributed by atoms with Crippen molar-refractivity contribution in [2.75, 3.05) is 13.8 Å². The zero-order chi connectivity index (χ0) is 15.1. The predicted octanol–water partition coefficient (Wildman–Crippen LogP) is 1.96. The third-order valence-corrected chi connectivity index (χ3v) is 2.44. The van der Waals surface area contributed by atoms with Gasteiger partial charge in [-0.05, 0) is 37.5 Å². The van der Waals surface area contributed by atoms with E-state index in [4.69, 9.17) is 16.3 Å². The number of benzene rings is 1. The number of ether oxygens (including phenoxy) is 2. The maximum Gasteiger partial charge on any atom is 0.231 e. The summed E-state index contributed by atoms with van der Waals surface area (Å²) in [5.41, 5.74) is 0.372. The molecule has 0 fully saturated rings. The van der Waals surface area contributed by atoms with Crippen LogP contribution in [0.2, 0.25) is 0 Å². The molecule has 2 rings (SSSR count). The summed E-state index contributed by atoms with van der Waals surface area (Å²) >= 11 is 0. The van der Waals surface area contributed by atoms with Gasteiger partial charge in [0, 0.05) is 6.04 Å². The summed E-state index contributed by atoms with van der Waals surface area (Å²) in [6.07, 6.45) is 1.23. The summed E-state index contributed by atoms with van der Waals surface area (Å²) in [7, 11) is 1.80. The fourth-order valence-corrected chi connectivity index (χ4v) is 1.46. The topological polar surface area (TPSA) is 30.5 Å². The van der Waals surface area contributed by atoms with E-state index < -0.39 is 6.75 Å². The lowest BCUT2D eigenvalue weighted by Gasteiger charge is -2.13. The van der Waals surface area contributed by atoms with Gasteiger partial charge >= 0.3 is 0 Å². The molecule has 3 heteroatoms. The molecule has 82 valence electrons. The molecule has 15 heavy (non-hydrogen) atoms. The summed E-state index contributed by atoms with van der Waals surface area (Å²) < 4.78 is 48.6. The SMILES string of the molecule is [2H]c1c([2H])c2c(c([2H])c1CC(CC)NC)OC([2H])([2H])O2. The molecule has 1 aromatic rings. The summed E-state index contributed by atoms with van der Waals surface area (Å²) in [6, 6.07) is -0.335. The smallest absolute Gasteiger partial charge is 0.231 e. The highest BCUT2D eigenvalue weighted by atomic mass is 16.7. The van der Waals surface area contributed by atoms with E-state index >= 15 is 0 Å². The summed E-state index contributed by atoms with van der Waals surface area (Å²) in [5.74, 6) is -0.247. The van der Waals surface area contributed by atoms with Gasteiger partial charge in [0.25, 0.3) is 0 Å². The Hall–Kier alpha value is -1.22. The number of nitrogens with one attached hydrogen (secondary N) is 1. The maximum absolute atomic E-state index is 8.08. The highest BCUT2D eigenvalue weighted by Crippen LogP contribution is 2.32. The van der Waals surface area contributed by atoms with Gasteiger partial charge < -0.3 is 14.8 Å². The van der Waals surface area contributed by atoms with Crippen LogP contribution in [0.25, 0.3) is 0 Å². The van der Waals surface area contributed by atoms with Crippen LogP contribution in [0.4, 0.5) is 0 Å². The van der Waals surface area contributed by atoms with Gasteiger partial charge in [-0.1, -0.05) is 13.0 Å². The first kappa shape index (κ1) is 5.75. The van der Waals surface area contributed by atoms with Crippen LogP contribution < -0.4 is 14.8 Å². The molecule has 1 aromatic carbocycles. The Balaban J connectivity index is 2.49. The van der Waals surface area contributed by atoms with Gasteiger partial charge in [-0.25, -0.2) is 0 Å². The molecule has 1 atom stereocenters. The Kier molecular flexibility index (Phi) is 1.74. The lowest BCUT2D eigenvalue weighted by atomic mass is 10.0. The highest BCUT2D eigenvalue weighted by molar-refractivity contribution is 5.44. The van der Waals surface area contributed by atoms with Gasteiger partial charge in [-0.15, -0.1) is 0 Å². The molecule has 0 aromatic heterocycles. The monoisotopic (exact) mass is 212 g/mol. The fraction of sp³-hybridized carbons (Fsp3) is 0.500. The summed E-state index contributed by atoms with van der Waals surface area (Å²) in [4.78, 5) is 0. The molecule has 0 radical (unpaired) electrons. The van der Waals surface area contributed by atoms with Crippen LogP contribution in [0.3, 0.4) is 0 Å². The van der Waals surface area contributed by atoms with Crippen LogP contribution in [-0.2, 0) is 6.42 Å². The molecule has 0 spiro atoms. The summed E-state index contributed by atoms with van der Waals surface area (Å²) in [5, 5.41) is 3.08. The van der Waals surface area contributed by atoms with Crippen LogP contribution in [0.15, 0.2) is 18.1 Å². The van der Waals surface area contributed by atoms with E-state index in [-0.39, 0.29) is 35.7 Å². The second-order valence-corrected chi connectivity index (χ2v) is 3.40. The van der Waals surface area contributed by atoms with E-state index in [0.717, 1.165) is 6.42 Å². The van der Waals surface area contributed by atoms with E-state index in [2.05, 4.69) is 5.32 Å². The van der Waals surface area contributed by atoms with Crippen molar-refractivity contribution in [1.82, 2.24) is 5.32 Å². The predicted molar refractivity (Wildman–Crippen MR) is 59.4 cm³/mol. The van der Waals surface area contributed by atoms with Gasteiger partial charge in [0.1, 0.15) is 2.74 Å². The first-order chi connectivity index (χ1) is 9.30. The average molecular weight is 212 g/mol. The summed E-state index contributed by atoms with van der Waals surface area (Å²) in [6.45, 7) is -0.395. The van der Waals surface area contributed by atoms with E-state index in [0.29, 0.717) is 12.0 Å². The van der Waals surface area contributed by atoms with Gasteiger partial charge in [-0.3, -0.25) is 0 Å². The Morgan fingerprint density at radius 1 is 1.53 bits per heavy atom. The van der Waals surface area contributed by atoms with Crippen molar-refractivity contribution in [1.29, 1.82) is 0 Å². The Labute approximate surface area is 97.4 Å². The lowest BCUT2D eigenvalue weighted by molar-refractivity contribution is 0.174. The zero-order valence-electron chi connectivity index (χ0n) is 13.8. The van der Waals surface area contributed by atoms with Crippen LogP contribution in [-0.4, -0.2) is 19.8 Å². The van der Waals surface area contributed by atoms with Crippen LogP contribution in [0.1, 0.15) is 25.8 Å². The van der Waals surface area contributed by atoms with E-state index in [1.54, 1.807) is 7.05 Å². The normalized spacial score (nSPS) is 23.5. The number of likely N-dealkylation sites (N-methyl/N-ethyl adjacent to an activating group) is 1. The molecule has 1 N–H and O–H groups in total. The Morgan fingerprint density at radius 3 is 3.07 bits per heavy atom. The molecular weight excluding hydrogens is 190 g/mol. The van der Waals surface area contributed by atoms with Crippen molar-refractivity contribution in [3.05, 3.63) is 23.7 Å². The maximum atomic E-state index is 8.08. The molecule has 1 unspecified atom stereocenters. The second kappa shape index (κ2) is 4.53. The van der Waals surface area contributed by atoms with E-state index in [1.807, 2.05) is 6.92 Å². The highest BCUT2D eigenvalue weighted by Gasteiger charge is 2.14. The third kappa shape index (κ3) is 2.23. The van der Waals surface area contributed by atoms with Crippen LogP contribution in [0.5, 0.6) is 11.5 Å². The zero-order valence-corrected chi connectivity index (χ0v) is 8.81. The quantitative estimate of drug-likeness (QED) is 0.827. The Bertz CT molecular complexity index is 531. The minimum atomic E-state index is -2.38. The first-order valence-electron chi connectivity index (χ1n) is 7.48. The number of fused-ring (bicyclic) bond motifs is 1. The molecule has 0 aliphatic carbocycles. The standard InChI is InChI=1S/C12H17NO2/c1-3-10(13-2)6-9-4-5-11-12(7-9)15-8-14-11/h4-5,7,10,13H,3,6,8H2,1-2H3/i4D,5D,7D,8D2. The first-order valence-corrected chi connectivity index (χ1v) is 4.98. The fourth-order valence-electron chi connectivity index (χ4n) is 1.46. The van der Waals surface area contributed by atoms with Gasteiger partial charge in [0.05, 0.1) is 4.11 Å². The van der Waals surface area contributed by atoms with Crippen molar-refractivity contribution in [2.45, 2.75) is 25.8 Å². The molecule has 1 aliphatic rings. The van der Waals surface area contributed by atoms with Crippen molar-refractivity contribution in [2.24, 2.45) is 0 Å². The lowest BCUT2D eigenvalue weighted by Crippen LogP contribution is -2.26. The van der Waals surface area contributed by atoms with Crippen LogP contribution in [0, 0.1) is 0 Å². The molecular formula is C12H17NO2. The van der Waals surface area contributed by atoms with Gasteiger partial charge in [0.2, 0.25) is 6.75 Å². The van der Waals surface area contributed by atoms with Crippen molar-refractivity contribution >= 4 is 0 Å². The molecule has 1 heterocycles. The molecule has 1 aliphatic heterocycles. The largest absolute Gasteiger partial charge is 0.454 e. The third-order valence-electron chi connectivity index (χ3n) is 2.44. The van der Waals surface area contributed by atoms with Crippen LogP contribution >= 0.6 is 0 Å². The van der Waals surface area contributed by atoms with E-state index in [9.17, 15) is 0 Å². The Morgan fingerprint density at radius 2 is 2.33 bits per heavy atom. The number of hydrogen-bond acceptors (Lipinski definition) is 3. The molecule has 0 saturated heterocycles. The van der Waals surface area contributed by atoms with E-state index in [1.165, 1.54) is 0 Å². The minimum absolute atomic E-state index is 0.0731. The van der Waals surface area contributed by atoms with Crippen molar-refractivity contribution in [3.8, 4) is 11.5 Å². The average Bonchev–Trinajstić information content (AvgIpc) is 2.73.